The number of halogens is 2. The molecule has 0 spiro atoms. The molecule has 29 heavy (non-hydrogen) atoms. The summed E-state index contributed by atoms with van der Waals surface area (Å²) in [5.74, 6) is 1.24. The van der Waals surface area contributed by atoms with Gasteiger partial charge in [0.25, 0.3) is 0 Å². The molecule has 3 rings (SSSR count). The van der Waals surface area contributed by atoms with Gasteiger partial charge in [0.15, 0.2) is 5.96 Å². The molecule has 0 saturated carbocycles. The Kier molecular flexibility index (Phi) is 8.69. The van der Waals surface area contributed by atoms with Crippen LogP contribution >= 0.6 is 24.0 Å². The van der Waals surface area contributed by atoms with Crippen molar-refractivity contribution in [3.8, 4) is 5.75 Å². The summed E-state index contributed by atoms with van der Waals surface area (Å²) >= 11 is 0. The van der Waals surface area contributed by atoms with E-state index in [4.69, 9.17) is 4.74 Å². The summed E-state index contributed by atoms with van der Waals surface area (Å²) in [6.45, 7) is 3.25. The number of fused-ring (bicyclic) bond motifs is 1. The Hall–Kier alpha value is -2.36. The number of hydrogen-bond acceptors (Lipinski definition) is 3. The summed E-state index contributed by atoms with van der Waals surface area (Å²) < 4.78 is 19.4. The Bertz CT molecular complexity index is 889. The number of rotatable bonds is 6. The van der Waals surface area contributed by atoms with Crippen molar-refractivity contribution >= 4 is 41.5 Å². The monoisotopic (exact) mass is 512 g/mol. The van der Waals surface area contributed by atoms with Gasteiger partial charge in [0.1, 0.15) is 18.2 Å². The lowest BCUT2D eigenvalue weighted by Crippen LogP contribution is -2.38. The molecule has 1 aliphatic rings. The van der Waals surface area contributed by atoms with Gasteiger partial charge in [-0.25, -0.2) is 4.39 Å². The molecule has 0 unspecified atom stereocenters. The van der Waals surface area contributed by atoms with E-state index in [-0.39, 0.29) is 35.7 Å². The fourth-order valence-electron chi connectivity index (χ4n) is 2.94. The largest absolute Gasteiger partial charge is 0.492 e. The van der Waals surface area contributed by atoms with Gasteiger partial charge in [-0.3, -0.25) is 9.79 Å². The van der Waals surface area contributed by atoms with E-state index in [1.165, 1.54) is 6.07 Å². The van der Waals surface area contributed by atoms with E-state index in [0.717, 1.165) is 29.0 Å². The maximum Gasteiger partial charge on any atom is 0.224 e. The summed E-state index contributed by atoms with van der Waals surface area (Å²) in [6, 6.07) is 10.9. The van der Waals surface area contributed by atoms with Crippen LogP contribution < -0.4 is 20.7 Å². The van der Waals surface area contributed by atoms with Crippen molar-refractivity contribution in [2.45, 2.75) is 26.3 Å². The minimum atomic E-state index is -0.208. The lowest BCUT2D eigenvalue weighted by molar-refractivity contribution is -0.116. The maximum atomic E-state index is 13.6. The Labute approximate surface area is 187 Å². The van der Waals surface area contributed by atoms with Crippen LogP contribution in [0.4, 0.5) is 10.1 Å². The zero-order valence-corrected chi connectivity index (χ0v) is 18.9. The van der Waals surface area contributed by atoms with Gasteiger partial charge in [-0.15, -0.1) is 24.0 Å². The third kappa shape index (κ3) is 6.59. The SMILES string of the molecule is CN=C(NCCOc1ccc2c(c1)CCC(=O)N2)NCc1ccc(C)c(F)c1.I. The number of benzene rings is 2. The van der Waals surface area contributed by atoms with Crippen LogP contribution in [-0.2, 0) is 17.8 Å². The van der Waals surface area contributed by atoms with Crippen LogP contribution in [0.15, 0.2) is 41.4 Å². The number of aliphatic imine (C=N–C) groups is 1. The highest BCUT2D eigenvalue weighted by atomic mass is 127. The van der Waals surface area contributed by atoms with E-state index in [1.807, 2.05) is 24.3 Å². The fraction of sp³-hybridized carbons (Fsp3) is 0.333. The Morgan fingerprint density at radius 3 is 2.79 bits per heavy atom. The topological polar surface area (TPSA) is 74.8 Å². The van der Waals surface area contributed by atoms with E-state index in [2.05, 4.69) is 20.9 Å². The van der Waals surface area contributed by atoms with E-state index in [9.17, 15) is 9.18 Å². The second-order valence-corrected chi connectivity index (χ2v) is 6.65. The number of anilines is 1. The molecule has 6 nitrogen and oxygen atoms in total. The first-order valence-corrected chi connectivity index (χ1v) is 9.30. The molecule has 1 amide bonds. The van der Waals surface area contributed by atoms with E-state index < -0.39 is 0 Å². The van der Waals surface area contributed by atoms with Gasteiger partial charge in [0.2, 0.25) is 5.91 Å². The third-order valence-electron chi connectivity index (χ3n) is 4.56. The van der Waals surface area contributed by atoms with E-state index in [1.54, 1.807) is 20.0 Å². The zero-order chi connectivity index (χ0) is 19.9. The molecule has 0 radical (unpaired) electrons. The van der Waals surface area contributed by atoms with Crippen molar-refractivity contribution in [3.63, 3.8) is 0 Å². The number of ether oxygens (including phenoxy) is 1. The van der Waals surface area contributed by atoms with Gasteiger partial charge < -0.3 is 20.7 Å². The van der Waals surface area contributed by atoms with Crippen molar-refractivity contribution in [1.82, 2.24) is 10.6 Å². The molecule has 8 heteroatoms. The molecule has 156 valence electrons. The first-order chi connectivity index (χ1) is 13.5. The van der Waals surface area contributed by atoms with Gasteiger partial charge in [0, 0.05) is 25.7 Å². The Balaban J connectivity index is 0.00000300. The van der Waals surface area contributed by atoms with Crippen molar-refractivity contribution in [2.75, 3.05) is 25.5 Å². The molecule has 0 bridgehead atoms. The summed E-state index contributed by atoms with van der Waals surface area (Å²) in [5.41, 5.74) is 3.43. The molecule has 1 aliphatic heterocycles. The van der Waals surface area contributed by atoms with Crippen LogP contribution in [0.3, 0.4) is 0 Å². The number of guanidine groups is 1. The Morgan fingerprint density at radius 2 is 2.03 bits per heavy atom. The van der Waals surface area contributed by atoms with E-state index >= 15 is 0 Å². The number of nitrogens with one attached hydrogen (secondary N) is 3. The molecule has 0 aromatic heterocycles. The molecule has 0 saturated heterocycles. The average molecular weight is 512 g/mol. The molecular formula is C21H26FIN4O2. The number of hydrogen-bond donors (Lipinski definition) is 3. The van der Waals surface area contributed by atoms with Gasteiger partial charge in [-0.1, -0.05) is 12.1 Å². The van der Waals surface area contributed by atoms with Crippen molar-refractivity contribution in [2.24, 2.45) is 4.99 Å². The van der Waals surface area contributed by atoms with Crippen molar-refractivity contribution < 1.29 is 13.9 Å². The van der Waals surface area contributed by atoms with Crippen LogP contribution in [0.5, 0.6) is 5.75 Å². The highest BCUT2D eigenvalue weighted by molar-refractivity contribution is 14.0. The number of amides is 1. The van der Waals surface area contributed by atoms with Crippen molar-refractivity contribution in [3.05, 3.63) is 58.9 Å². The summed E-state index contributed by atoms with van der Waals surface area (Å²) in [4.78, 5) is 15.6. The highest BCUT2D eigenvalue weighted by Gasteiger charge is 2.14. The summed E-state index contributed by atoms with van der Waals surface area (Å²) in [7, 11) is 1.68. The van der Waals surface area contributed by atoms with E-state index in [0.29, 0.717) is 37.6 Å². The zero-order valence-electron chi connectivity index (χ0n) is 16.5. The molecule has 2 aromatic rings. The minimum absolute atomic E-state index is 0. The number of aryl methyl sites for hydroxylation is 2. The quantitative estimate of drug-likeness (QED) is 0.240. The average Bonchev–Trinajstić information content (AvgIpc) is 2.70. The maximum absolute atomic E-state index is 13.6. The molecule has 1 heterocycles. The smallest absolute Gasteiger partial charge is 0.224 e. The standard InChI is InChI=1S/C21H25FN4O2.HI/c1-14-3-4-15(11-18(14)22)13-25-21(23-2)24-9-10-28-17-6-7-19-16(12-17)5-8-20(27)26-19;/h3-4,6-7,11-12H,5,8-10,13H2,1-2H3,(H,26,27)(H2,23,24,25);1H. The molecule has 0 atom stereocenters. The second-order valence-electron chi connectivity index (χ2n) is 6.65. The predicted octanol–water partition coefficient (Wildman–Crippen LogP) is 3.38. The number of carbonyl (C=O) groups is 1. The molecule has 0 fully saturated rings. The lowest BCUT2D eigenvalue weighted by atomic mass is 10.0. The van der Waals surface area contributed by atoms with Crippen LogP contribution in [-0.4, -0.2) is 32.1 Å². The molecule has 0 aliphatic carbocycles. The Morgan fingerprint density at radius 1 is 1.21 bits per heavy atom. The highest BCUT2D eigenvalue weighted by Crippen LogP contribution is 2.26. The summed E-state index contributed by atoms with van der Waals surface area (Å²) in [5, 5.41) is 9.18. The van der Waals surface area contributed by atoms with Gasteiger partial charge in [-0.05, 0) is 54.3 Å². The predicted molar refractivity (Wildman–Crippen MR) is 124 cm³/mol. The second kappa shape index (κ2) is 11.0. The summed E-state index contributed by atoms with van der Waals surface area (Å²) in [6.07, 6.45) is 1.23. The normalized spacial score (nSPS) is 13.1. The molecule has 3 N–H and O–H groups in total. The third-order valence-corrected chi connectivity index (χ3v) is 4.56. The molecular weight excluding hydrogens is 486 g/mol. The van der Waals surface area contributed by atoms with Gasteiger partial charge in [0.05, 0.1) is 6.54 Å². The first kappa shape index (κ1) is 22.9. The van der Waals surface area contributed by atoms with Gasteiger partial charge in [-0.2, -0.15) is 0 Å². The molecule has 2 aromatic carbocycles. The number of carbonyl (C=O) groups excluding carboxylic acids is 1. The first-order valence-electron chi connectivity index (χ1n) is 9.30. The number of nitrogens with zero attached hydrogens (tertiary/aromatic N) is 1. The lowest BCUT2D eigenvalue weighted by Gasteiger charge is -2.18. The van der Waals surface area contributed by atoms with Crippen molar-refractivity contribution in [1.29, 1.82) is 0 Å². The van der Waals surface area contributed by atoms with Crippen LogP contribution in [0.2, 0.25) is 0 Å². The van der Waals surface area contributed by atoms with Crippen LogP contribution in [0, 0.1) is 12.7 Å². The minimum Gasteiger partial charge on any atom is -0.492 e. The van der Waals surface area contributed by atoms with Crippen LogP contribution in [0.25, 0.3) is 0 Å². The van der Waals surface area contributed by atoms with Gasteiger partial charge >= 0.3 is 0 Å². The fourth-order valence-corrected chi connectivity index (χ4v) is 2.94. The van der Waals surface area contributed by atoms with Crippen LogP contribution in [0.1, 0.15) is 23.1 Å².